The van der Waals surface area contributed by atoms with Gasteiger partial charge in [0.05, 0.1) is 0 Å². The topological polar surface area (TPSA) is 26.0 Å². The second-order valence-corrected chi connectivity index (χ2v) is 6.12. The van der Waals surface area contributed by atoms with Gasteiger partial charge in [-0.3, -0.25) is 0 Å². The van der Waals surface area contributed by atoms with Gasteiger partial charge >= 0.3 is 0 Å². The molecule has 0 saturated carbocycles. The maximum Gasteiger partial charge on any atom is 0.127 e. The van der Waals surface area contributed by atoms with Crippen molar-refractivity contribution in [2.75, 3.05) is 0 Å². The normalized spacial score (nSPS) is 12.4. The summed E-state index contributed by atoms with van der Waals surface area (Å²) in [5, 5.41) is 0. The number of rotatable bonds is 5. The zero-order valence-electron chi connectivity index (χ0n) is 11.9. The molecular formula is C17H20FNS. The Bertz CT molecular complexity index is 583. The summed E-state index contributed by atoms with van der Waals surface area (Å²) in [6.07, 6.45) is 1.43. The van der Waals surface area contributed by atoms with Gasteiger partial charge in [-0.15, -0.1) is 0 Å². The van der Waals surface area contributed by atoms with Crippen molar-refractivity contribution in [3.63, 3.8) is 0 Å². The summed E-state index contributed by atoms with van der Waals surface area (Å²) in [5.74, 6) is -0.161. The summed E-state index contributed by atoms with van der Waals surface area (Å²) in [4.78, 5) is 2.08. The highest BCUT2D eigenvalue weighted by molar-refractivity contribution is 7.99. The molecule has 1 nitrogen and oxygen atoms in total. The number of hydrogen-bond donors (Lipinski definition) is 1. The van der Waals surface area contributed by atoms with Gasteiger partial charge in [0.25, 0.3) is 0 Å². The van der Waals surface area contributed by atoms with Crippen LogP contribution in [0.5, 0.6) is 0 Å². The molecule has 0 heterocycles. The van der Waals surface area contributed by atoms with Crippen LogP contribution >= 0.6 is 11.8 Å². The van der Waals surface area contributed by atoms with E-state index in [1.807, 2.05) is 25.1 Å². The number of aryl methyl sites for hydroxylation is 1. The predicted octanol–water partition coefficient (Wildman–Crippen LogP) is 4.57. The highest BCUT2D eigenvalue weighted by Crippen LogP contribution is 2.32. The lowest BCUT2D eigenvalue weighted by Gasteiger charge is -2.14. The first-order valence-electron chi connectivity index (χ1n) is 6.87. The lowest BCUT2D eigenvalue weighted by atomic mass is 10.0. The van der Waals surface area contributed by atoms with Gasteiger partial charge in [-0.1, -0.05) is 42.4 Å². The molecule has 0 aliphatic heterocycles. The fourth-order valence-corrected chi connectivity index (χ4v) is 3.14. The molecule has 2 aromatic carbocycles. The van der Waals surface area contributed by atoms with Gasteiger partial charge in [-0.25, -0.2) is 4.39 Å². The molecule has 0 aliphatic rings. The van der Waals surface area contributed by atoms with Crippen LogP contribution in [0.4, 0.5) is 4.39 Å². The van der Waals surface area contributed by atoms with Crippen LogP contribution in [-0.4, -0.2) is 6.04 Å². The second-order valence-electron chi connectivity index (χ2n) is 5.01. The Balaban J connectivity index is 2.29. The van der Waals surface area contributed by atoms with Crippen LogP contribution in [0.1, 0.15) is 24.5 Å². The van der Waals surface area contributed by atoms with Crippen LogP contribution in [0.2, 0.25) is 0 Å². The smallest absolute Gasteiger partial charge is 0.127 e. The molecule has 0 aromatic heterocycles. The first-order chi connectivity index (χ1) is 9.60. The van der Waals surface area contributed by atoms with E-state index >= 15 is 0 Å². The van der Waals surface area contributed by atoms with Crippen LogP contribution in [0.15, 0.2) is 52.3 Å². The molecule has 2 aromatic rings. The van der Waals surface area contributed by atoms with Gasteiger partial charge in [-0.05, 0) is 44.0 Å². The molecule has 0 saturated heterocycles. The molecular weight excluding hydrogens is 269 g/mol. The fraction of sp³-hybridized carbons (Fsp3) is 0.294. The molecule has 0 aliphatic carbocycles. The SMILES string of the molecule is CCC(N)Cc1c(F)cccc1Sc1cccc(C)c1. The van der Waals surface area contributed by atoms with Gasteiger partial charge in [0.15, 0.2) is 0 Å². The van der Waals surface area contributed by atoms with Crippen LogP contribution in [0.3, 0.4) is 0 Å². The summed E-state index contributed by atoms with van der Waals surface area (Å²) in [7, 11) is 0. The van der Waals surface area contributed by atoms with E-state index in [2.05, 4.69) is 19.1 Å². The third-order valence-electron chi connectivity index (χ3n) is 3.28. The molecule has 0 amide bonds. The van der Waals surface area contributed by atoms with Crippen molar-refractivity contribution < 1.29 is 4.39 Å². The Kier molecular flexibility index (Phi) is 5.21. The van der Waals surface area contributed by atoms with Crippen molar-refractivity contribution in [1.29, 1.82) is 0 Å². The van der Waals surface area contributed by atoms with E-state index in [-0.39, 0.29) is 11.9 Å². The van der Waals surface area contributed by atoms with Crippen molar-refractivity contribution >= 4 is 11.8 Å². The van der Waals surface area contributed by atoms with Crippen LogP contribution in [-0.2, 0) is 6.42 Å². The molecule has 20 heavy (non-hydrogen) atoms. The highest BCUT2D eigenvalue weighted by atomic mass is 32.2. The molecule has 1 atom stereocenters. The number of hydrogen-bond acceptors (Lipinski definition) is 2. The van der Waals surface area contributed by atoms with E-state index in [0.29, 0.717) is 6.42 Å². The Morgan fingerprint density at radius 1 is 1.20 bits per heavy atom. The van der Waals surface area contributed by atoms with Crippen molar-refractivity contribution in [2.45, 2.75) is 42.5 Å². The molecule has 2 rings (SSSR count). The lowest BCUT2D eigenvalue weighted by Crippen LogP contribution is -2.22. The second kappa shape index (κ2) is 6.91. The molecule has 0 radical (unpaired) electrons. The van der Waals surface area contributed by atoms with E-state index in [9.17, 15) is 4.39 Å². The molecule has 0 fully saturated rings. The van der Waals surface area contributed by atoms with Crippen LogP contribution in [0, 0.1) is 12.7 Å². The maximum absolute atomic E-state index is 14.1. The molecule has 2 N–H and O–H groups in total. The van der Waals surface area contributed by atoms with Crippen molar-refractivity contribution in [3.8, 4) is 0 Å². The predicted molar refractivity (Wildman–Crippen MR) is 83.7 cm³/mol. The maximum atomic E-state index is 14.1. The average molecular weight is 289 g/mol. The highest BCUT2D eigenvalue weighted by Gasteiger charge is 2.12. The summed E-state index contributed by atoms with van der Waals surface area (Å²) >= 11 is 1.60. The van der Waals surface area contributed by atoms with E-state index in [1.165, 1.54) is 11.6 Å². The summed E-state index contributed by atoms with van der Waals surface area (Å²) in [6.45, 7) is 4.09. The molecule has 3 heteroatoms. The number of halogens is 1. The Hall–Kier alpha value is -1.32. The lowest BCUT2D eigenvalue weighted by molar-refractivity contribution is 0.571. The first-order valence-corrected chi connectivity index (χ1v) is 7.69. The van der Waals surface area contributed by atoms with E-state index < -0.39 is 0 Å². The molecule has 0 spiro atoms. The third kappa shape index (κ3) is 3.84. The number of nitrogens with two attached hydrogens (primary N) is 1. The monoisotopic (exact) mass is 289 g/mol. The van der Waals surface area contributed by atoms with Crippen molar-refractivity contribution in [2.24, 2.45) is 5.73 Å². The quantitative estimate of drug-likeness (QED) is 0.873. The van der Waals surface area contributed by atoms with Gasteiger partial charge in [-0.2, -0.15) is 0 Å². The average Bonchev–Trinajstić information content (AvgIpc) is 2.42. The largest absolute Gasteiger partial charge is 0.327 e. The van der Waals surface area contributed by atoms with E-state index in [1.54, 1.807) is 17.8 Å². The molecule has 1 unspecified atom stereocenters. The third-order valence-corrected chi connectivity index (χ3v) is 4.38. The van der Waals surface area contributed by atoms with Crippen LogP contribution in [0.25, 0.3) is 0 Å². The van der Waals surface area contributed by atoms with E-state index in [4.69, 9.17) is 5.73 Å². The summed E-state index contributed by atoms with van der Waals surface area (Å²) in [5.41, 5.74) is 7.92. The Morgan fingerprint density at radius 3 is 2.65 bits per heavy atom. The Morgan fingerprint density at radius 2 is 1.95 bits per heavy atom. The van der Waals surface area contributed by atoms with Crippen molar-refractivity contribution in [3.05, 3.63) is 59.4 Å². The van der Waals surface area contributed by atoms with E-state index in [0.717, 1.165) is 21.8 Å². The zero-order chi connectivity index (χ0) is 14.5. The summed E-state index contributed by atoms with van der Waals surface area (Å²) < 4.78 is 14.1. The molecule has 0 bridgehead atoms. The Labute approximate surface area is 124 Å². The van der Waals surface area contributed by atoms with Crippen LogP contribution < -0.4 is 5.73 Å². The number of benzene rings is 2. The minimum atomic E-state index is -0.161. The van der Waals surface area contributed by atoms with Gasteiger partial charge in [0.2, 0.25) is 0 Å². The zero-order valence-corrected chi connectivity index (χ0v) is 12.7. The summed E-state index contributed by atoms with van der Waals surface area (Å²) in [6, 6.07) is 13.5. The first kappa shape index (κ1) is 15.1. The minimum absolute atomic E-state index is 0.00348. The fourth-order valence-electron chi connectivity index (χ4n) is 2.04. The van der Waals surface area contributed by atoms with Gasteiger partial charge < -0.3 is 5.73 Å². The van der Waals surface area contributed by atoms with Gasteiger partial charge in [0, 0.05) is 21.4 Å². The van der Waals surface area contributed by atoms with Gasteiger partial charge in [0.1, 0.15) is 5.82 Å². The minimum Gasteiger partial charge on any atom is -0.327 e. The molecule has 106 valence electrons. The van der Waals surface area contributed by atoms with Crippen molar-refractivity contribution in [1.82, 2.24) is 0 Å². The standard InChI is InChI=1S/C17H20FNS/c1-3-13(19)11-15-16(18)8-5-9-17(15)20-14-7-4-6-12(2)10-14/h4-10,13H,3,11,19H2,1-2H3.